The summed E-state index contributed by atoms with van der Waals surface area (Å²) in [6, 6.07) is 5.38. The zero-order valence-electron chi connectivity index (χ0n) is 13.3. The van der Waals surface area contributed by atoms with Crippen LogP contribution in [0.4, 0.5) is 5.95 Å². The Labute approximate surface area is 134 Å². The van der Waals surface area contributed by atoms with Gasteiger partial charge in [0.05, 0.1) is 5.70 Å². The maximum atomic E-state index is 12.2. The molecular formula is C17H17N5O. The number of carbonyl (C=O) groups is 1. The average molecular weight is 307 g/mol. The number of allylic oxidation sites excluding steroid dienone is 4. The highest BCUT2D eigenvalue weighted by atomic mass is 16.1. The van der Waals surface area contributed by atoms with Gasteiger partial charge in [-0.15, -0.1) is 0 Å². The standard InChI is InChI=1S/C17H17N5O/c1-17(2,3)9-14(23)21-16-20-13-8-7-11(10-18)19-15(13)22(16)12-5-4-6-12/h4-8H,9H2,1-3H3,(H,20,21,23). The van der Waals surface area contributed by atoms with Crippen LogP contribution in [-0.4, -0.2) is 20.4 Å². The lowest BCUT2D eigenvalue weighted by atomic mass is 9.92. The van der Waals surface area contributed by atoms with E-state index in [-0.39, 0.29) is 11.3 Å². The zero-order valence-corrected chi connectivity index (χ0v) is 13.3. The van der Waals surface area contributed by atoms with E-state index in [1.807, 2.05) is 45.1 Å². The second-order valence-corrected chi connectivity index (χ2v) is 6.66. The Morgan fingerprint density at radius 3 is 2.65 bits per heavy atom. The van der Waals surface area contributed by atoms with Crippen LogP contribution in [-0.2, 0) is 4.79 Å². The number of hydrogen-bond donors (Lipinski definition) is 1. The summed E-state index contributed by atoms with van der Waals surface area (Å²) in [5.74, 6) is 0.325. The molecule has 1 N–H and O–H groups in total. The highest BCUT2D eigenvalue weighted by Crippen LogP contribution is 2.27. The van der Waals surface area contributed by atoms with Crippen LogP contribution < -0.4 is 5.32 Å². The first-order valence-corrected chi connectivity index (χ1v) is 7.35. The highest BCUT2D eigenvalue weighted by molar-refractivity contribution is 5.93. The molecule has 0 saturated carbocycles. The molecule has 6 nitrogen and oxygen atoms in total. The minimum Gasteiger partial charge on any atom is -0.296 e. The number of nitriles is 1. The lowest BCUT2D eigenvalue weighted by Gasteiger charge is -2.18. The maximum Gasteiger partial charge on any atom is 0.227 e. The number of nitrogens with one attached hydrogen (secondary N) is 1. The fourth-order valence-corrected chi connectivity index (χ4v) is 2.33. The van der Waals surface area contributed by atoms with Crippen LogP contribution in [0.2, 0.25) is 0 Å². The molecule has 3 rings (SSSR count). The third kappa shape index (κ3) is 2.99. The third-order valence-corrected chi connectivity index (χ3v) is 3.35. The van der Waals surface area contributed by atoms with E-state index >= 15 is 0 Å². The molecule has 2 aromatic rings. The Morgan fingerprint density at radius 2 is 2.09 bits per heavy atom. The molecule has 0 spiro atoms. The Kier molecular flexibility index (Phi) is 3.49. The summed E-state index contributed by atoms with van der Waals surface area (Å²) in [5, 5.41) is 11.9. The number of nitrogens with zero attached hydrogens (tertiary/aromatic N) is 4. The topological polar surface area (TPSA) is 83.6 Å². The quantitative estimate of drug-likeness (QED) is 0.944. The fourth-order valence-electron chi connectivity index (χ4n) is 2.33. The van der Waals surface area contributed by atoms with E-state index in [4.69, 9.17) is 5.26 Å². The fraction of sp³-hybridized carbons (Fsp3) is 0.294. The summed E-state index contributed by atoms with van der Waals surface area (Å²) >= 11 is 0. The van der Waals surface area contributed by atoms with Gasteiger partial charge in [-0.05, 0) is 29.7 Å². The molecule has 0 atom stereocenters. The molecule has 116 valence electrons. The van der Waals surface area contributed by atoms with Gasteiger partial charge in [0.1, 0.15) is 17.3 Å². The van der Waals surface area contributed by atoms with Gasteiger partial charge in [0, 0.05) is 6.42 Å². The maximum absolute atomic E-state index is 12.2. The van der Waals surface area contributed by atoms with Crippen LogP contribution in [0.1, 0.15) is 32.9 Å². The minimum absolute atomic E-state index is 0.0986. The minimum atomic E-state index is -0.108. The molecule has 1 amide bonds. The van der Waals surface area contributed by atoms with Crippen molar-refractivity contribution in [1.29, 1.82) is 5.26 Å². The molecule has 0 unspecified atom stereocenters. The summed E-state index contributed by atoms with van der Waals surface area (Å²) in [6.07, 6.45) is 6.10. The van der Waals surface area contributed by atoms with Crippen molar-refractivity contribution in [2.75, 3.05) is 5.32 Å². The number of imidazole rings is 1. The Hall–Kier alpha value is -2.94. The largest absolute Gasteiger partial charge is 0.296 e. The first kappa shape index (κ1) is 15.0. The molecule has 6 heteroatoms. The molecule has 0 saturated heterocycles. The van der Waals surface area contributed by atoms with Gasteiger partial charge >= 0.3 is 0 Å². The Bertz CT molecular complexity index is 890. The van der Waals surface area contributed by atoms with Crippen LogP contribution in [0.3, 0.4) is 0 Å². The van der Waals surface area contributed by atoms with Gasteiger partial charge < -0.3 is 0 Å². The number of pyridine rings is 1. The number of fused-ring (bicyclic) bond motifs is 1. The summed E-state index contributed by atoms with van der Waals surface area (Å²) < 4.78 is 1.76. The number of aromatic nitrogens is 3. The monoisotopic (exact) mass is 307 g/mol. The molecule has 0 aromatic carbocycles. The smallest absolute Gasteiger partial charge is 0.227 e. The third-order valence-electron chi connectivity index (χ3n) is 3.35. The number of amides is 1. The van der Waals surface area contributed by atoms with Gasteiger partial charge in [-0.25, -0.2) is 9.97 Å². The van der Waals surface area contributed by atoms with Crippen molar-refractivity contribution in [3.8, 4) is 6.07 Å². The molecule has 0 fully saturated rings. The van der Waals surface area contributed by atoms with Crippen LogP contribution in [0.5, 0.6) is 0 Å². The van der Waals surface area contributed by atoms with Crippen LogP contribution in [0.15, 0.2) is 30.4 Å². The van der Waals surface area contributed by atoms with Gasteiger partial charge in [0.25, 0.3) is 0 Å². The van der Waals surface area contributed by atoms with E-state index in [0.29, 0.717) is 29.2 Å². The van der Waals surface area contributed by atoms with Crippen molar-refractivity contribution < 1.29 is 4.79 Å². The van der Waals surface area contributed by atoms with E-state index in [0.717, 1.165) is 5.70 Å². The number of rotatable bonds is 3. The molecule has 1 aliphatic rings. The van der Waals surface area contributed by atoms with Gasteiger partial charge in [0.2, 0.25) is 11.9 Å². The van der Waals surface area contributed by atoms with E-state index in [2.05, 4.69) is 15.3 Å². The van der Waals surface area contributed by atoms with Gasteiger partial charge in [-0.1, -0.05) is 26.8 Å². The molecular weight excluding hydrogens is 290 g/mol. The lowest BCUT2D eigenvalue weighted by Crippen LogP contribution is -2.21. The van der Waals surface area contributed by atoms with Crippen molar-refractivity contribution >= 4 is 28.7 Å². The van der Waals surface area contributed by atoms with Crippen molar-refractivity contribution in [3.05, 3.63) is 36.1 Å². The molecule has 0 bridgehead atoms. The normalized spacial score (nSPS) is 13.4. The van der Waals surface area contributed by atoms with Gasteiger partial charge in [-0.2, -0.15) is 5.26 Å². The van der Waals surface area contributed by atoms with Crippen molar-refractivity contribution in [2.24, 2.45) is 5.41 Å². The second kappa shape index (κ2) is 5.36. The average Bonchev–Trinajstić information content (AvgIpc) is 2.72. The summed E-state index contributed by atoms with van der Waals surface area (Å²) in [4.78, 5) is 21.0. The number of anilines is 1. The highest BCUT2D eigenvalue weighted by Gasteiger charge is 2.21. The Balaban J connectivity index is 2.03. The number of carbonyl (C=O) groups excluding carboxylic acids is 1. The number of hydrogen-bond acceptors (Lipinski definition) is 4. The lowest BCUT2D eigenvalue weighted by molar-refractivity contribution is -0.117. The molecule has 0 aliphatic heterocycles. The molecule has 23 heavy (non-hydrogen) atoms. The van der Waals surface area contributed by atoms with Crippen molar-refractivity contribution in [3.63, 3.8) is 0 Å². The summed E-state index contributed by atoms with van der Waals surface area (Å²) in [6.45, 7) is 6.02. The molecule has 1 aliphatic carbocycles. The Morgan fingerprint density at radius 1 is 1.35 bits per heavy atom. The van der Waals surface area contributed by atoms with Gasteiger partial charge in [-0.3, -0.25) is 14.7 Å². The second-order valence-electron chi connectivity index (χ2n) is 6.66. The molecule has 0 radical (unpaired) electrons. The summed E-state index contributed by atoms with van der Waals surface area (Å²) in [7, 11) is 0. The SMILES string of the molecule is CC(C)(C)CC(=O)Nc1nc2ccc(C#N)nc2n1C1=CC=C1. The van der Waals surface area contributed by atoms with Crippen molar-refractivity contribution in [2.45, 2.75) is 27.2 Å². The van der Waals surface area contributed by atoms with Crippen LogP contribution >= 0.6 is 0 Å². The first-order chi connectivity index (χ1) is 10.9. The van der Waals surface area contributed by atoms with E-state index in [1.54, 1.807) is 16.7 Å². The van der Waals surface area contributed by atoms with Crippen LogP contribution in [0, 0.1) is 16.7 Å². The van der Waals surface area contributed by atoms with E-state index in [9.17, 15) is 4.79 Å². The first-order valence-electron chi connectivity index (χ1n) is 7.35. The van der Waals surface area contributed by atoms with Gasteiger partial charge in [0.15, 0.2) is 5.65 Å². The van der Waals surface area contributed by atoms with E-state index in [1.165, 1.54) is 0 Å². The summed E-state index contributed by atoms with van der Waals surface area (Å²) in [5.41, 5.74) is 2.28. The zero-order chi connectivity index (χ0) is 16.6. The predicted molar refractivity (Wildman–Crippen MR) is 88.4 cm³/mol. The molecule has 2 heterocycles. The van der Waals surface area contributed by atoms with Crippen molar-refractivity contribution in [1.82, 2.24) is 14.5 Å². The predicted octanol–water partition coefficient (Wildman–Crippen LogP) is 3.09. The molecule has 2 aromatic heterocycles. The van der Waals surface area contributed by atoms with Crippen LogP contribution in [0.25, 0.3) is 16.9 Å². The van der Waals surface area contributed by atoms with E-state index < -0.39 is 0 Å².